The summed E-state index contributed by atoms with van der Waals surface area (Å²) in [7, 11) is -1.20. The van der Waals surface area contributed by atoms with E-state index in [0.717, 1.165) is 24.4 Å². The molecule has 3 rings (SSSR count). The van der Waals surface area contributed by atoms with Crippen molar-refractivity contribution in [2.24, 2.45) is 7.05 Å². The lowest BCUT2D eigenvalue weighted by Gasteiger charge is -2.26. The minimum atomic E-state index is -3.12. The fraction of sp³-hybridized carbons (Fsp3) is 0.429. The van der Waals surface area contributed by atoms with Crippen molar-refractivity contribution in [3.8, 4) is 0 Å². The van der Waals surface area contributed by atoms with Gasteiger partial charge < -0.3 is 9.88 Å². The normalized spacial score (nSPS) is 20.1. The first kappa shape index (κ1) is 14.2. The molecule has 21 heavy (non-hydrogen) atoms. The number of nitrogens with zero attached hydrogens (tertiary/aromatic N) is 3. The molecule has 0 fully saturated rings. The van der Waals surface area contributed by atoms with Crippen LogP contribution < -0.4 is 5.32 Å². The van der Waals surface area contributed by atoms with Gasteiger partial charge in [-0.1, -0.05) is 18.2 Å². The summed E-state index contributed by atoms with van der Waals surface area (Å²) in [5.74, 6) is 1.12. The Balaban J connectivity index is 1.71. The third kappa shape index (κ3) is 2.84. The van der Waals surface area contributed by atoms with Crippen LogP contribution in [0, 0.1) is 0 Å². The van der Waals surface area contributed by atoms with Crippen LogP contribution in [0.3, 0.4) is 0 Å². The molecule has 0 aliphatic carbocycles. The molecule has 1 unspecified atom stereocenters. The van der Waals surface area contributed by atoms with E-state index in [0.29, 0.717) is 11.3 Å². The lowest BCUT2D eigenvalue weighted by Crippen LogP contribution is -2.31. The molecule has 0 saturated heterocycles. The van der Waals surface area contributed by atoms with Crippen molar-refractivity contribution in [1.82, 2.24) is 20.1 Å². The molecule has 1 aliphatic heterocycles. The molecule has 1 aromatic heterocycles. The summed E-state index contributed by atoms with van der Waals surface area (Å²) in [6.45, 7) is 0.742. The molecule has 1 atom stereocenters. The number of fused-ring (bicyclic) bond motifs is 1. The van der Waals surface area contributed by atoms with E-state index in [4.69, 9.17) is 0 Å². The molecule has 0 spiro atoms. The van der Waals surface area contributed by atoms with Crippen LogP contribution in [0.5, 0.6) is 0 Å². The fourth-order valence-corrected chi connectivity index (χ4v) is 4.32. The van der Waals surface area contributed by atoms with Crippen molar-refractivity contribution < 1.29 is 8.42 Å². The maximum Gasteiger partial charge on any atom is 0.178 e. The molecular formula is C14H18N4O2S. The van der Waals surface area contributed by atoms with Gasteiger partial charge in [-0.05, 0) is 18.1 Å². The fourth-order valence-electron chi connectivity index (χ4n) is 2.69. The second-order valence-corrected chi connectivity index (χ2v) is 7.34. The summed E-state index contributed by atoms with van der Waals surface area (Å²) in [6, 6.07) is 7.33. The first-order valence-electron chi connectivity index (χ1n) is 6.96. The number of rotatable bonds is 4. The highest BCUT2D eigenvalue weighted by Gasteiger charge is 2.29. The molecule has 0 saturated carbocycles. The first-order chi connectivity index (χ1) is 10.1. The van der Waals surface area contributed by atoms with Gasteiger partial charge >= 0.3 is 0 Å². The van der Waals surface area contributed by atoms with Crippen LogP contribution in [0.2, 0.25) is 0 Å². The molecule has 0 bridgehead atoms. The van der Waals surface area contributed by atoms with Gasteiger partial charge in [-0.3, -0.25) is 0 Å². The van der Waals surface area contributed by atoms with E-state index < -0.39 is 9.84 Å². The van der Waals surface area contributed by atoms with Crippen LogP contribution in [0.1, 0.15) is 23.9 Å². The van der Waals surface area contributed by atoms with Crippen molar-refractivity contribution in [1.29, 1.82) is 0 Å². The second kappa shape index (κ2) is 5.57. The molecule has 7 heteroatoms. The summed E-state index contributed by atoms with van der Waals surface area (Å²) in [6.07, 6.45) is 3.05. The number of sulfone groups is 1. The van der Waals surface area contributed by atoms with Crippen molar-refractivity contribution in [3.05, 3.63) is 42.0 Å². The minimum Gasteiger partial charge on any atom is -0.321 e. The third-order valence-electron chi connectivity index (χ3n) is 3.85. The molecular weight excluding hydrogens is 288 g/mol. The third-order valence-corrected chi connectivity index (χ3v) is 5.66. The Morgan fingerprint density at radius 2 is 2.19 bits per heavy atom. The van der Waals surface area contributed by atoms with Crippen molar-refractivity contribution in [3.63, 3.8) is 0 Å². The topological polar surface area (TPSA) is 76.9 Å². The SMILES string of the molecule is Cn1cnnc1CCNC1CCS(=O)(=O)c2ccccc21. The van der Waals surface area contributed by atoms with E-state index in [2.05, 4.69) is 15.5 Å². The van der Waals surface area contributed by atoms with Gasteiger partial charge in [0.1, 0.15) is 12.2 Å². The highest BCUT2D eigenvalue weighted by atomic mass is 32.2. The summed E-state index contributed by atoms with van der Waals surface area (Å²) in [4.78, 5) is 0.465. The van der Waals surface area contributed by atoms with E-state index in [1.165, 1.54) is 0 Å². The van der Waals surface area contributed by atoms with E-state index >= 15 is 0 Å². The Labute approximate surface area is 124 Å². The lowest BCUT2D eigenvalue weighted by atomic mass is 10.0. The predicted octanol–water partition coefficient (Wildman–Crippen LogP) is 0.866. The summed E-state index contributed by atoms with van der Waals surface area (Å²) < 4.78 is 26.0. The molecule has 0 radical (unpaired) electrons. The lowest BCUT2D eigenvalue weighted by molar-refractivity contribution is 0.490. The van der Waals surface area contributed by atoms with Gasteiger partial charge in [0.2, 0.25) is 0 Å². The van der Waals surface area contributed by atoms with Gasteiger partial charge in [0.25, 0.3) is 0 Å². The maximum atomic E-state index is 12.1. The molecule has 0 amide bonds. The predicted molar refractivity (Wildman–Crippen MR) is 78.6 cm³/mol. The number of benzene rings is 1. The number of nitrogens with one attached hydrogen (secondary N) is 1. The molecule has 1 aromatic carbocycles. The van der Waals surface area contributed by atoms with Crippen molar-refractivity contribution >= 4 is 9.84 Å². The van der Waals surface area contributed by atoms with E-state index in [9.17, 15) is 8.42 Å². The highest BCUT2D eigenvalue weighted by molar-refractivity contribution is 7.91. The number of hydrogen-bond donors (Lipinski definition) is 1. The molecule has 6 nitrogen and oxygen atoms in total. The molecule has 2 aromatic rings. The zero-order chi connectivity index (χ0) is 14.9. The van der Waals surface area contributed by atoms with Gasteiger partial charge in [0.05, 0.1) is 10.6 Å². The Morgan fingerprint density at radius 1 is 1.38 bits per heavy atom. The largest absolute Gasteiger partial charge is 0.321 e. The molecule has 1 N–H and O–H groups in total. The number of aromatic nitrogens is 3. The van der Waals surface area contributed by atoms with Crippen LogP contribution in [-0.4, -0.2) is 35.5 Å². The van der Waals surface area contributed by atoms with Crippen LogP contribution in [0.25, 0.3) is 0 Å². The van der Waals surface area contributed by atoms with E-state index in [1.54, 1.807) is 18.5 Å². The Hall–Kier alpha value is -1.73. The van der Waals surface area contributed by atoms with Gasteiger partial charge in [-0.15, -0.1) is 10.2 Å². The smallest absolute Gasteiger partial charge is 0.178 e. The molecule has 1 aliphatic rings. The van der Waals surface area contributed by atoms with Crippen LogP contribution in [-0.2, 0) is 23.3 Å². The van der Waals surface area contributed by atoms with E-state index in [1.807, 2.05) is 23.7 Å². The van der Waals surface area contributed by atoms with Crippen LogP contribution in [0.15, 0.2) is 35.5 Å². The average Bonchev–Trinajstić information content (AvgIpc) is 2.87. The second-order valence-electron chi connectivity index (χ2n) is 5.26. The first-order valence-corrected chi connectivity index (χ1v) is 8.61. The zero-order valence-electron chi connectivity index (χ0n) is 11.9. The minimum absolute atomic E-state index is 0.0814. The molecule has 112 valence electrons. The van der Waals surface area contributed by atoms with E-state index in [-0.39, 0.29) is 11.8 Å². The Morgan fingerprint density at radius 3 is 2.95 bits per heavy atom. The highest BCUT2D eigenvalue weighted by Crippen LogP contribution is 2.31. The molecule has 2 heterocycles. The maximum absolute atomic E-state index is 12.1. The van der Waals surface area contributed by atoms with Crippen LogP contribution >= 0.6 is 0 Å². The summed E-state index contributed by atoms with van der Waals surface area (Å²) >= 11 is 0. The van der Waals surface area contributed by atoms with Gasteiger partial charge in [-0.2, -0.15) is 0 Å². The van der Waals surface area contributed by atoms with Crippen molar-refractivity contribution in [2.45, 2.75) is 23.8 Å². The van der Waals surface area contributed by atoms with Gasteiger partial charge in [0.15, 0.2) is 9.84 Å². The Kier molecular flexibility index (Phi) is 3.77. The summed E-state index contributed by atoms with van der Waals surface area (Å²) in [5, 5.41) is 11.3. The monoisotopic (exact) mass is 306 g/mol. The standard InChI is InChI=1S/C14H18N4O2S/c1-18-10-16-17-14(18)6-8-15-12-7-9-21(19,20)13-5-3-2-4-11(12)13/h2-5,10,12,15H,6-9H2,1H3. The average molecular weight is 306 g/mol. The van der Waals surface area contributed by atoms with Crippen molar-refractivity contribution in [2.75, 3.05) is 12.3 Å². The zero-order valence-corrected chi connectivity index (χ0v) is 12.7. The van der Waals surface area contributed by atoms with Crippen LogP contribution in [0.4, 0.5) is 0 Å². The van der Waals surface area contributed by atoms with Gasteiger partial charge in [0, 0.05) is 26.1 Å². The number of aryl methyl sites for hydroxylation is 1. The van der Waals surface area contributed by atoms with Gasteiger partial charge in [-0.25, -0.2) is 8.42 Å². The quantitative estimate of drug-likeness (QED) is 0.907. The summed E-state index contributed by atoms with van der Waals surface area (Å²) in [5.41, 5.74) is 0.877. The number of hydrogen-bond acceptors (Lipinski definition) is 5. The Bertz CT molecular complexity index is 739.